The zero-order valence-corrected chi connectivity index (χ0v) is 7.49. The minimum Gasteiger partial charge on any atom is -0.197 e. The molecule has 0 N–H and O–H groups in total. The van der Waals surface area contributed by atoms with Gasteiger partial charge in [0.1, 0.15) is 0 Å². The van der Waals surface area contributed by atoms with Crippen LogP contribution in [-0.2, 0) is 12.8 Å². The van der Waals surface area contributed by atoms with Crippen LogP contribution in [0.5, 0.6) is 0 Å². The van der Waals surface area contributed by atoms with Crippen LogP contribution in [0.3, 0.4) is 0 Å². The number of rotatable bonds is 0. The first kappa shape index (κ1) is 7.29. The van der Waals surface area contributed by atoms with Crippen molar-refractivity contribution in [3.63, 3.8) is 0 Å². The van der Waals surface area contributed by atoms with E-state index in [1.165, 1.54) is 49.8 Å². The Bertz CT molecular complexity index is 207. The van der Waals surface area contributed by atoms with Crippen molar-refractivity contribution in [2.45, 2.75) is 38.5 Å². The van der Waals surface area contributed by atoms with Gasteiger partial charge in [-0.2, -0.15) is 4.37 Å². The summed E-state index contributed by atoms with van der Waals surface area (Å²) < 4.78 is 4.40. The van der Waals surface area contributed by atoms with Crippen molar-refractivity contribution in [1.29, 1.82) is 0 Å². The molecular formula is C9H13NS. The van der Waals surface area contributed by atoms with Gasteiger partial charge in [0.15, 0.2) is 0 Å². The summed E-state index contributed by atoms with van der Waals surface area (Å²) in [5.74, 6) is 0. The third-order valence-electron chi connectivity index (χ3n) is 2.34. The second kappa shape index (κ2) is 3.35. The Kier molecular flexibility index (Phi) is 2.22. The second-order valence-corrected chi connectivity index (χ2v) is 3.83. The summed E-state index contributed by atoms with van der Waals surface area (Å²) in [7, 11) is 0. The van der Waals surface area contributed by atoms with E-state index in [9.17, 15) is 0 Å². The van der Waals surface area contributed by atoms with Gasteiger partial charge in [0, 0.05) is 5.38 Å². The Morgan fingerprint density at radius 3 is 2.82 bits per heavy atom. The molecule has 1 aliphatic rings. The monoisotopic (exact) mass is 167 g/mol. The fourth-order valence-corrected chi connectivity index (χ4v) is 2.42. The van der Waals surface area contributed by atoms with Crippen LogP contribution < -0.4 is 0 Å². The van der Waals surface area contributed by atoms with E-state index in [2.05, 4.69) is 9.75 Å². The molecule has 0 fully saturated rings. The Hall–Kier alpha value is -0.370. The van der Waals surface area contributed by atoms with E-state index in [1.54, 1.807) is 11.5 Å². The van der Waals surface area contributed by atoms with Crippen LogP contribution in [0, 0.1) is 0 Å². The summed E-state index contributed by atoms with van der Waals surface area (Å²) in [4.78, 5) is 0. The summed E-state index contributed by atoms with van der Waals surface area (Å²) in [5, 5.41) is 2.22. The maximum atomic E-state index is 4.40. The molecule has 11 heavy (non-hydrogen) atoms. The lowest BCUT2D eigenvalue weighted by atomic mass is 9.99. The standard InChI is InChI=1S/C9H13NS/c1-2-4-6-9-8(5-3-1)7-11-10-9/h7H,1-6H2. The molecule has 0 spiro atoms. The van der Waals surface area contributed by atoms with Gasteiger partial charge in [0.05, 0.1) is 5.69 Å². The number of aromatic nitrogens is 1. The molecule has 0 saturated heterocycles. The van der Waals surface area contributed by atoms with Gasteiger partial charge >= 0.3 is 0 Å². The number of hydrogen-bond donors (Lipinski definition) is 0. The van der Waals surface area contributed by atoms with Crippen LogP contribution in [-0.4, -0.2) is 4.37 Å². The molecule has 1 aromatic heterocycles. The van der Waals surface area contributed by atoms with E-state index in [1.807, 2.05) is 0 Å². The third kappa shape index (κ3) is 1.62. The fraction of sp³-hybridized carbons (Fsp3) is 0.667. The van der Waals surface area contributed by atoms with Gasteiger partial charge in [-0.1, -0.05) is 12.8 Å². The molecule has 2 heteroatoms. The van der Waals surface area contributed by atoms with Crippen molar-refractivity contribution in [1.82, 2.24) is 4.37 Å². The largest absolute Gasteiger partial charge is 0.197 e. The topological polar surface area (TPSA) is 12.9 Å². The van der Waals surface area contributed by atoms with Gasteiger partial charge in [-0.25, -0.2) is 0 Å². The summed E-state index contributed by atoms with van der Waals surface area (Å²) in [6.45, 7) is 0. The molecule has 0 saturated carbocycles. The van der Waals surface area contributed by atoms with E-state index < -0.39 is 0 Å². The number of aryl methyl sites for hydroxylation is 2. The molecule has 1 aliphatic carbocycles. The van der Waals surface area contributed by atoms with Gasteiger partial charge in [0.2, 0.25) is 0 Å². The van der Waals surface area contributed by atoms with E-state index >= 15 is 0 Å². The molecule has 1 aromatic rings. The summed E-state index contributed by atoms with van der Waals surface area (Å²) >= 11 is 1.62. The van der Waals surface area contributed by atoms with Crippen LogP contribution in [0.1, 0.15) is 36.9 Å². The van der Waals surface area contributed by atoms with Crippen molar-refractivity contribution < 1.29 is 0 Å². The highest BCUT2D eigenvalue weighted by Crippen LogP contribution is 2.20. The van der Waals surface area contributed by atoms with Crippen LogP contribution in [0.15, 0.2) is 5.38 Å². The Morgan fingerprint density at radius 2 is 1.91 bits per heavy atom. The van der Waals surface area contributed by atoms with Gasteiger partial charge in [0.25, 0.3) is 0 Å². The summed E-state index contributed by atoms with van der Waals surface area (Å²) in [6.07, 6.45) is 8.01. The molecule has 0 aromatic carbocycles. The highest BCUT2D eigenvalue weighted by atomic mass is 32.1. The highest BCUT2D eigenvalue weighted by Gasteiger charge is 2.07. The van der Waals surface area contributed by atoms with Crippen LogP contribution in [0.25, 0.3) is 0 Å². The first-order valence-electron chi connectivity index (χ1n) is 4.39. The third-order valence-corrected chi connectivity index (χ3v) is 3.05. The van der Waals surface area contributed by atoms with E-state index in [-0.39, 0.29) is 0 Å². The van der Waals surface area contributed by atoms with E-state index in [0.717, 1.165) is 0 Å². The van der Waals surface area contributed by atoms with Crippen LogP contribution in [0.2, 0.25) is 0 Å². The Morgan fingerprint density at radius 1 is 1.09 bits per heavy atom. The minimum absolute atomic E-state index is 1.22. The molecule has 1 heterocycles. The molecule has 60 valence electrons. The summed E-state index contributed by atoms with van der Waals surface area (Å²) in [6, 6.07) is 0. The highest BCUT2D eigenvalue weighted by molar-refractivity contribution is 7.03. The lowest BCUT2D eigenvalue weighted by Gasteiger charge is -2.06. The fourth-order valence-electron chi connectivity index (χ4n) is 1.65. The van der Waals surface area contributed by atoms with Crippen molar-refractivity contribution in [3.8, 4) is 0 Å². The second-order valence-electron chi connectivity index (χ2n) is 3.20. The number of fused-ring (bicyclic) bond motifs is 1. The molecule has 0 aliphatic heterocycles. The predicted molar refractivity (Wildman–Crippen MR) is 48.0 cm³/mol. The zero-order chi connectivity index (χ0) is 7.52. The van der Waals surface area contributed by atoms with Crippen molar-refractivity contribution in [2.24, 2.45) is 0 Å². The van der Waals surface area contributed by atoms with Crippen molar-refractivity contribution in [3.05, 3.63) is 16.6 Å². The van der Waals surface area contributed by atoms with Gasteiger partial charge < -0.3 is 0 Å². The summed E-state index contributed by atoms with van der Waals surface area (Å²) in [5.41, 5.74) is 2.91. The molecule has 1 nitrogen and oxygen atoms in total. The maximum absolute atomic E-state index is 4.40. The molecule has 0 amide bonds. The lowest BCUT2D eigenvalue weighted by molar-refractivity contribution is 0.613. The average Bonchev–Trinajstić information content (AvgIpc) is 2.35. The quantitative estimate of drug-likeness (QED) is 0.579. The molecule has 0 radical (unpaired) electrons. The molecule has 0 unspecified atom stereocenters. The first-order chi connectivity index (χ1) is 5.47. The van der Waals surface area contributed by atoms with Crippen LogP contribution in [0.4, 0.5) is 0 Å². The molecule has 2 rings (SSSR count). The van der Waals surface area contributed by atoms with E-state index in [4.69, 9.17) is 0 Å². The molecular weight excluding hydrogens is 154 g/mol. The van der Waals surface area contributed by atoms with Crippen LogP contribution >= 0.6 is 11.5 Å². The van der Waals surface area contributed by atoms with E-state index in [0.29, 0.717) is 0 Å². The average molecular weight is 167 g/mol. The normalized spacial score (nSPS) is 18.5. The number of nitrogens with zero attached hydrogens (tertiary/aromatic N) is 1. The molecule has 0 bridgehead atoms. The zero-order valence-electron chi connectivity index (χ0n) is 6.68. The van der Waals surface area contributed by atoms with Gasteiger partial charge in [-0.05, 0) is 42.8 Å². The smallest absolute Gasteiger partial charge is 0.0574 e. The van der Waals surface area contributed by atoms with Gasteiger partial charge in [-0.3, -0.25) is 0 Å². The SMILES string of the molecule is c1snc2c1CCCCCC2. The van der Waals surface area contributed by atoms with Crippen molar-refractivity contribution >= 4 is 11.5 Å². The van der Waals surface area contributed by atoms with Crippen molar-refractivity contribution in [2.75, 3.05) is 0 Å². The Labute approximate surface area is 71.6 Å². The predicted octanol–water partition coefficient (Wildman–Crippen LogP) is 2.80. The molecule has 0 atom stereocenters. The number of hydrogen-bond acceptors (Lipinski definition) is 2. The minimum atomic E-state index is 1.22. The maximum Gasteiger partial charge on any atom is 0.0574 e. The first-order valence-corrected chi connectivity index (χ1v) is 5.22. The lowest BCUT2D eigenvalue weighted by Crippen LogP contribution is -1.96. The van der Waals surface area contributed by atoms with Gasteiger partial charge in [-0.15, -0.1) is 0 Å². The Balaban J connectivity index is 2.18.